The number of hydrogen-bond donors (Lipinski definition) is 1. The molecule has 0 radical (unpaired) electrons. The van der Waals surface area contributed by atoms with Crippen LogP contribution in [0, 0.1) is 0 Å². The number of rotatable bonds is 5. The van der Waals surface area contributed by atoms with E-state index in [1.54, 1.807) is 11.3 Å². The van der Waals surface area contributed by atoms with Gasteiger partial charge in [0.05, 0.1) is 11.7 Å². The molecule has 0 aliphatic carbocycles. The van der Waals surface area contributed by atoms with Crippen molar-refractivity contribution in [3.8, 4) is 0 Å². The zero-order valence-electron chi connectivity index (χ0n) is 16.1. The largest absolute Gasteiger partial charge is 0.304 e. The Balaban J connectivity index is 1.57. The molecule has 1 N–H and O–H groups in total. The van der Waals surface area contributed by atoms with E-state index < -0.39 is 0 Å². The molecule has 1 aromatic heterocycles. The van der Waals surface area contributed by atoms with Crippen LogP contribution in [-0.4, -0.2) is 29.0 Å². The second-order valence-electron chi connectivity index (χ2n) is 8.28. The van der Waals surface area contributed by atoms with Crippen molar-refractivity contribution in [3.63, 3.8) is 0 Å². The maximum absolute atomic E-state index is 4.87. The van der Waals surface area contributed by atoms with E-state index >= 15 is 0 Å². The third kappa shape index (κ3) is 4.49. The van der Waals surface area contributed by atoms with Crippen LogP contribution in [0.25, 0.3) is 0 Å². The number of aromatic nitrogens is 1. The van der Waals surface area contributed by atoms with Gasteiger partial charge in [-0.3, -0.25) is 4.90 Å². The van der Waals surface area contributed by atoms with Crippen LogP contribution in [-0.2, 0) is 5.41 Å². The van der Waals surface area contributed by atoms with Crippen LogP contribution in [0.15, 0.2) is 35.7 Å². The van der Waals surface area contributed by atoms with E-state index in [9.17, 15) is 0 Å². The SMILES string of the molecule is C[C@H](N[C@H]1CCN([C@H](C)c2ccccc2)C1)c1nc(C(C)(C)C)cs1. The smallest absolute Gasteiger partial charge is 0.110 e. The molecule has 1 fully saturated rings. The zero-order chi connectivity index (χ0) is 18.0. The first-order valence-corrected chi connectivity index (χ1v) is 10.2. The zero-order valence-corrected chi connectivity index (χ0v) is 16.9. The standard InChI is InChI=1S/C21H31N3S/c1-15(20-23-19(14-25-20)21(3,4)5)22-18-11-12-24(13-18)16(2)17-9-7-6-8-10-17/h6-10,14-16,18,22H,11-13H2,1-5H3/t15-,16+,18-/m0/s1. The molecule has 25 heavy (non-hydrogen) atoms. The minimum absolute atomic E-state index is 0.129. The van der Waals surface area contributed by atoms with Crippen LogP contribution >= 0.6 is 11.3 Å². The average molecular weight is 358 g/mol. The molecule has 0 bridgehead atoms. The van der Waals surface area contributed by atoms with E-state index in [4.69, 9.17) is 4.98 Å². The number of benzene rings is 1. The predicted molar refractivity (Wildman–Crippen MR) is 107 cm³/mol. The molecule has 0 unspecified atom stereocenters. The van der Waals surface area contributed by atoms with Gasteiger partial charge in [0.2, 0.25) is 0 Å². The van der Waals surface area contributed by atoms with E-state index in [0.29, 0.717) is 18.1 Å². The van der Waals surface area contributed by atoms with Gasteiger partial charge in [0.1, 0.15) is 5.01 Å². The molecule has 4 heteroatoms. The third-order valence-corrected chi connectivity index (χ3v) is 6.22. The normalized spacial score (nSPS) is 21.4. The first-order valence-electron chi connectivity index (χ1n) is 9.35. The fraction of sp³-hybridized carbons (Fsp3) is 0.571. The fourth-order valence-electron chi connectivity index (χ4n) is 3.47. The summed E-state index contributed by atoms with van der Waals surface area (Å²) in [6, 6.07) is 12.2. The van der Waals surface area contributed by atoms with Crippen molar-refractivity contribution in [1.82, 2.24) is 15.2 Å². The molecule has 2 heterocycles. The summed E-state index contributed by atoms with van der Waals surface area (Å²) >= 11 is 1.78. The molecule has 0 amide bonds. The third-order valence-electron chi connectivity index (χ3n) is 5.20. The molecule has 1 aromatic carbocycles. The summed E-state index contributed by atoms with van der Waals surface area (Å²) in [7, 11) is 0. The van der Waals surface area contributed by atoms with Gasteiger partial charge in [0.25, 0.3) is 0 Å². The number of nitrogens with zero attached hydrogens (tertiary/aromatic N) is 2. The van der Waals surface area contributed by atoms with Gasteiger partial charge in [-0.25, -0.2) is 4.98 Å². The first kappa shape index (κ1) is 18.6. The quantitative estimate of drug-likeness (QED) is 0.822. The minimum Gasteiger partial charge on any atom is -0.304 e. The monoisotopic (exact) mass is 357 g/mol. The summed E-state index contributed by atoms with van der Waals surface area (Å²) in [5, 5.41) is 7.22. The maximum atomic E-state index is 4.87. The average Bonchev–Trinajstić information content (AvgIpc) is 3.24. The highest BCUT2D eigenvalue weighted by molar-refractivity contribution is 7.09. The van der Waals surface area contributed by atoms with Gasteiger partial charge < -0.3 is 5.32 Å². The van der Waals surface area contributed by atoms with Gasteiger partial charge >= 0.3 is 0 Å². The molecule has 1 saturated heterocycles. The van der Waals surface area contributed by atoms with Crippen molar-refractivity contribution >= 4 is 11.3 Å². The van der Waals surface area contributed by atoms with E-state index in [2.05, 4.69) is 80.5 Å². The van der Waals surface area contributed by atoms with E-state index in [-0.39, 0.29) is 5.41 Å². The van der Waals surface area contributed by atoms with Gasteiger partial charge in [0, 0.05) is 36.0 Å². The Kier molecular flexibility index (Phi) is 5.62. The molecule has 0 spiro atoms. The van der Waals surface area contributed by atoms with Crippen molar-refractivity contribution in [1.29, 1.82) is 0 Å². The minimum atomic E-state index is 0.129. The molecule has 3 nitrogen and oxygen atoms in total. The lowest BCUT2D eigenvalue weighted by Gasteiger charge is -2.25. The van der Waals surface area contributed by atoms with E-state index in [1.165, 1.54) is 22.7 Å². The Hall–Kier alpha value is -1.23. The Labute approximate surface area is 156 Å². The van der Waals surface area contributed by atoms with Gasteiger partial charge in [-0.15, -0.1) is 11.3 Å². The van der Waals surface area contributed by atoms with E-state index in [1.807, 2.05) is 0 Å². The lowest BCUT2D eigenvalue weighted by atomic mass is 9.93. The summed E-state index contributed by atoms with van der Waals surface area (Å²) in [6.45, 7) is 13.5. The van der Waals surface area contributed by atoms with Gasteiger partial charge in [-0.1, -0.05) is 51.1 Å². The maximum Gasteiger partial charge on any atom is 0.110 e. The topological polar surface area (TPSA) is 28.2 Å². The summed E-state index contributed by atoms with van der Waals surface area (Å²) in [5.41, 5.74) is 2.74. The Morgan fingerprint density at radius 2 is 1.92 bits per heavy atom. The van der Waals surface area contributed by atoms with Crippen molar-refractivity contribution in [2.24, 2.45) is 0 Å². The van der Waals surface area contributed by atoms with Crippen molar-refractivity contribution < 1.29 is 0 Å². The Bertz CT molecular complexity index is 674. The number of nitrogens with one attached hydrogen (secondary N) is 1. The summed E-state index contributed by atoms with van der Waals surface area (Å²) < 4.78 is 0. The van der Waals surface area contributed by atoms with Crippen molar-refractivity contribution in [2.45, 2.75) is 64.6 Å². The van der Waals surface area contributed by atoms with Crippen LogP contribution in [0.1, 0.15) is 69.4 Å². The van der Waals surface area contributed by atoms with Gasteiger partial charge in [0.15, 0.2) is 0 Å². The van der Waals surface area contributed by atoms with Crippen molar-refractivity contribution in [3.05, 3.63) is 52.0 Å². The second kappa shape index (κ2) is 7.56. The molecule has 2 aromatic rings. The van der Waals surface area contributed by atoms with Crippen LogP contribution in [0.3, 0.4) is 0 Å². The molecular formula is C21H31N3S. The summed E-state index contributed by atoms with van der Waals surface area (Å²) in [5.74, 6) is 0. The fourth-order valence-corrected chi connectivity index (χ4v) is 4.54. The van der Waals surface area contributed by atoms with Gasteiger partial charge in [-0.05, 0) is 25.8 Å². The number of hydrogen-bond acceptors (Lipinski definition) is 4. The van der Waals surface area contributed by atoms with Crippen molar-refractivity contribution in [2.75, 3.05) is 13.1 Å². The Morgan fingerprint density at radius 1 is 1.20 bits per heavy atom. The molecule has 3 rings (SSSR count). The molecule has 1 aliphatic heterocycles. The molecule has 1 aliphatic rings. The lowest BCUT2D eigenvalue weighted by Crippen LogP contribution is -2.35. The van der Waals surface area contributed by atoms with Crippen LogP contribution in [0.2, 0.25) is 0 Å². The highest BCUT2D eigenvalue weighted by atomic mass is 32.1. The van der Waals surface area contributed by atoms with Crippen LogP contribution in [0.4, 0.5) is 0 Å². The number of thiazole rings is 1. The second-order valence-corrected chi connectivity index (χ2v) is 9.17. The summed E-state index contributed by atoms with van der Waals surface area (Å²) in [4.78, 5) is 7.45. The van der Waals surface area contributed by atoms with E-state index in [0.717, 1.165) is 13.1 Å². The molecular weight excluding hydrogens is 326 g/mol. The van der Waals surface area contributed by atoms with Gasteiger partial charge in [-0.2, -0.15) is 0 Å². The number of likely N-dealkylation sites (tertiary alicyclic amines) is 1. The molecule has 3 atom stereocenters. The highest BCUT2D eigenvalue weighted by Crippen LogP contribution is 2.29. The molecule has 136 valence electrons. The molecule has 0 saturated carbocycles. The Morgan fingerprint density at radius 3 is 2.56 bits per heavy atom. The van der Waals surface area contributed by atoms with Crippen LogP contribution < -0.4 is 5.32 Å². The summed E-state index contributed by atoms with van der Waals surface area (Å²) in [6.07, 6.45) is 1.21. The van der Waals surface area contributed by atoms with Crippen LogP contribution in [0.5, 0.6) is 0 Å². The highest BCUT2D eigenvalue weighted by Gasteiger charge is 2.28. The first-order chi connectivity index (χ1) is 11.8. The predicted octanol–water partition coefficient (Wildman–Crippen LogP) is 4.93. The lowest BCUT2D eigenvalue weighted by molar-refractivity contribution is 0.253.